The average molecular weight is 283 g/mol. The molecule has 0 fully saturated rings. The largest absolute Gasteiger partial charge is 0.310 e. The first-order valence-corrected chi connectivity index (χ1v) is 7.82. The predicted molar refractivity (Wildman–Crippen MR) is 85.0 cm³/mol. The van der Waals surface area contributed by atoms with Crippen molar-refractivity contribution in [2.45, 2.75) is 38.6 Å². The lowest BCUT2D eigenvalue weighted by atomic mass is 10.0. The maximum atomic E-state index is 12.9. The van der Waals surface area contributed by atoms with Crippen LogP contribution >= 0.6 is 0 Å². The van der Waals surface area contributed by atoms with Crippen LogP contribution in [0.4, 0.5) is 4.39 Å². The first kappa shape index (κ1) is 14.3. The highest BCUT2D eigenvalue weighted by molar-refractivity contribution is 5.36. The van der Waals surface area contributed by atoms with Gasteiger partial charge in [0.05, 0.1) is 0 Å². The van der Waals surface area contributed by atoms with Crippen molar-refractivity contribution in [3.63, 3.8) is 0 Å². The van der Waals surface area contributed by atoms with E-state index in [2.05, 4.69) is 30.4 Å². The van der Waals surface area contributed by atoms with Crippen molar-refractivity contribution >= 4 is 0 Å². The van der Waals surface area contributed by atoms with Gasteiger partial charge in [0.1, 0.15) is 5.82 Å². The fraction of sp³-hybridized carbons (Fsp3) is 0.368. The van der Waals surface area contributed by atoms with Crippen LogP contribution in [0, 0.1) is 5.82 Å². The summed E-state index contributed by atoms with van der Waals surface area (Å²) >= 11 is 0. The highest BCUT2D eigenvalue weighted by Crippen LogP contribution is 2.25. The molecule has 0 heterocycles. The molecule has 0 bridgehead atoms. The van der Waals surface area contributed by atoms with Crippen LogP contribution in [-0.2, 0) is 19.3 Å². The van der Waals surface area contributed by atoms with E-state index in [0.717, 1.165) is 13.0 Å². The van der Waals surface area contributed by atoms with Gasteiger partial charge in [0.15, 0.2) is 0 Å². The third kappa shape index (κ3) is 3.51. The molecule has 2 heteroatoms. The lowest BCUT2D eigenvalue weighted by Gasteiger charge is -2.15. The highest BCUT2D eigenvalue weighted by atomic mass is 19.1. The third-order valence-corrected chi connectivity index (χ3v) is 4.40. The lowest BCUT2D eigenvalue weighted by molar-refractivity contribution is 0.575. The molecule has 1 aliphatic carbocycles. The zero-order chi connectivity index (χ0) is 14.7. The number of nitrogens with one attached hydrogen (secondary N) is 1. The molecule has 3 rings (SSSR count). The van der Waals surface area contributed by atoms with Gasteiger partial charge < -0.3 is 5.32 Å². The lowest BCUT2D eigenvalue weighted by Crippen LogP contribution is -2.21. The maximum Gasteiger partial charge on any atom is 0.123 e. The molecule has 0 radical (unpaired) electrons. The second-order valence-electron chi connectivity index (χ2n) is 5.93. The Morgan fingerprint density at radius 2 is 1.81 bits per heavy atom. The topological polar surface area (TPSA) is 12.0 Å². The van der Waals surface area contributed by atoms with Gasteiger partial charge in [-0.05, 0) is 73.5 Å². The zero-order valence-electron chi connectivity index (χ0n) is 12.5. The summed E-state index contributed by atoms with van der Waals surface area (Å²) in [7, 11) is 0. The Morgan fingerprint density at radius 1 is 1.05 bits per heavy atom. The quantitative estimate of drug-likeness (QED) is 0.867. The third-order valence-electron chi connectivity index (χ3n) is 4.40. The molecule has 1 atom stereocenters. The Labute approximate surface area is 126 Å². The molecular weight excluding hydrogens is 261 g/mol. The first-order chi connectivity index (χ1) is 10.2. The van der Waals surface area contributed by atoms with Gasteiger partial charge in [0.25, 0.3) is 0 Å². The summed E-state index contributed by atoms with van der Waals surface area (Å²) in [6, 6.07) is 14.0. The molecule has 1 unspecified atom stereocenters. The van der Waals surface area contributed by atoms with Crippen LogP contribution in [0.2, 0.25) is 0 Å². The second-order valence-corrected chi connectivity index (χ2v) is 5.93. The molecule has 1 aliphatic rings. The van der Waals surface area contributed by atoms with Crippen LogP contribution in [0.3, 0.4) is 0 Å². The van der Waals surface area contributed by atoms with Crippen LogP contribution in [0.1, 0.15) is 41.6 Å². The van der Waals surface area contributed by atoms with Gasteiger partial charge in [-0.2, -0.15) is 0 Å². The molecule has 1 N–H and O–H groups in total. The van der Waals surface area contributed by atoms with E-state index in [9.17, 15) is 4.39 Å². The van der Waals surface area contributed by atoms with Crippen LogP contribution in [0.25, 0.3) is 0 Å². The Morgan fingerprint density at radius 3 is 2.62 bits per heavy atom. The van der Waals surface area contributed by atoms with Crippen molar-refractivity contribution in [3.8, 4) is 0 Å². The molecule has 2 aromatic carbocycles. The SMILES string of the molecule is CC(NCCc1ccc(F)cc1)c1ccc2c(c1)CCC2. The monoisotopic (exact) mass is 283 g/mol. The molecule has 0 amide bonds. The van der Waals surface area contributed by atoms with E-state index in [-0.39, 0.29) is 5.82 Å². The van der Waals surface area contributed by atoms with Crippen LogP contribution in [0.5, 0.6) is 0 Å². The molecule has 2 aromatic rings. The molecule has 0 saturated heterocycles. The van der Waals surface area contributed by atoms with E-state index in [4.69, 9.17) is 0 Å². The van der Waals surface area contributed by atoms with Gasteiger partial charge in [-0.1, -0.05) is 30.3 Å². The van der Waals surface area contributed by atoms with Gasteiger partial charge >= 0.3 is 0 Å². The highest BCUT2D eigenvalue weighted by Gasteiger charge is 2.13. The summed E-state index contributed by atoms with van der Waals surface area (Å²) in [5.41, 5.74) is 5.59. The van der Waals surface area contributed by atoms with E-state index in [1.54, 1.807) is 0 Å². The number of fused-ring (bicyclic) bond motifs is 1. The molecule has 110 valence electrons. The van der Waals surface area contributed by atoms with Crippen molar-refractivity contribution in [1.82, 2.24) is 5.32 Å². The van der Waals surface area contributed by atoms with Crippen molar-refractivity contribution in [2.75, 3.05) is 6.54 Å². The number of benzene rings is 2. The van der Waals surface area contributed by atoms with Gasteiger partial charge in [-0.25, -0.2) is 4.39 Å². The van der Waals surface area contributed by atoms with E-state index in [1.807, 2.05) is 12.1 Å². The standard InChI is InChI=1S/C19H22FN/c1-14(17-8-7-16-3-2-4-18(16)13-17)21-12-11-15-5-9-19(20)10-6-15/h5-10,13-14,21H,2-4,11-12H2,1H3. The summed E-state index contributed by atoms with van der Waals surface area (Å²) in [5.74, 6) is -0.168. The Kier molecular flexibility index (Phi) is 4.35. The Hall–Kier alpha value is -1.67. The first-order valence-electron chi connectivity index (χ1n) is 7.82. The fourth-order valence-electron chi connectivity index (χ4n) is 3.06. The Balaban J connectivity index is 1.54. The minimum atomic E-state index is -0.168. The van der Waals surface area contributed by atoms with E-state index >= 15 is 0 Å². The molecule has 0 saturated carbocycles. The van der Waals surface area contributed by atoms with Crippen molar-refractivity contribution in [2.24, 2.45) is 0 Å². The summed E-state index contributed by atoms with van der Waals surface area (Å²) < 4.78 is 12.9. The maximum absolute atomic E-state index is 12.9. The second kappa shape index (κ2) is 6.40. The van der Waals surface area contributed by atoms with E-state index in [1.165, 1.54) is 53.6 Å². The minimum absolute atomic E-state index is 0.168. The predicted octanol–water partition coefficient (Wildman–Crippen LogP) is 4.21. The number of halogens is 1. The molecule has 0 spiro atoms. The fourth-order valence-corrected chi connectivity index (χ4v) is 3.06. The van der Waals surface area contributed by atoms with Crippen LogP contribution in [0.15, 0.2) is 42.5 Å². The summed E-state index contributed by atoms with van der Waals surface area (Å²) in [6.07, 6.45) is 4.69. The van der Waals surface area contributed by atoms with Crippen LogP contribution < -0.4 is 5.32 Å². The summed E-state index contributed by atoms with van der Waals surface area (Å²) in [5, 5.41) is 3.56. The number of aryl methyl sites for hydroxylation is 2. The van der Waals surface area contributed by atoms with E-state index < -0.39 is 0 Å². The van der Waals surface area contributed by atoms with Gasteiger partial charge in [0, 0.05) is 6.04 Å². The minimum Gasteiger partial charge on any atom is -0.310 e. The number of hydrogen-bond acceptors (Lipinski definition) is 1. The molecule has 0 aliphatic heterocycles. The smallest absolute Gasteiger partial charge is 0.123 e. The van der Waals surface area contributed by atoms with Crippen LogP contribution in [-0.4, -0.2) is 6.54 Å². The number of hydrogen-bond donors (Lipinski definition) is 1. The summed E-state index contributed by atoms with van der Waals surface area (Å²) in [4.78, 5) is 0. The normalized spacial score (nSPS) is 15.0. The van der Waals surface area contributed by atoms with Crippen molar-refractivity contribution in [1.29, 1.82) is 0 Å². The molecular formula is C19H22FN. The molecule has 0 aromatic heterocycles. The van der Waals surface area contributed by atoms with Gasteiger partial charge in [-0.15, -0.1) is 0 Å². The average Bonchev–Trinajstić information content (AvgIpc) is 2.96. The Bertz CT molecular complexity index is 603. The van der Waals surface area contributed by atoms with Gasteiger partial charge in [-0.3, -0.25) is 0 Å². The zero-order valence-corrected chi connectivity index (χ0v) is 12.5. The molecule has 21 heavy (non-hydrogen) atoms. The van der Waals surface area contributed by atoms with E-state index in [0.29, 0.717) is 6.04 Å². The molecule has 1 nitrogen and oxygen atoms in total. The summed E-state index contributed by atoms with van der Waals surface area (Å²) in [6.45, 7) is 3.12. The number of rotatable bonds is 5. The van der Waals surface area contributed by atoms with Crippen molar-refractivity contribution < 1.29 is 4.39 Å². The van der Waals surface area contributed by atoms with Crippen molar-refractivity contribution in [3.05, 3.63) is 70.5 Å². The van der Waals surface area contributed by atoms with Gasteiger partial charge in [0.2, 0.25) is 0 Å².